The van der Waals surface area contributed by atoms with Gasteiger partial charge in [-0.2, -0.15) is 0 Å². The highest BCUT2D eigenvalue weighted by Crippen LogP contribution is 2.31. The van der Waals surface area contributed by atoms with Gasteiger partial charge in [-0.15, -0.1) is 0 Å². The van der Waals surface area contributed by atoms with Gasteiger partial charge in [0.25, 0.3) is 0 Å². The van der Waals surface area contributed by atoms with Gasteiger partial charge in [-0.3, -0.25) is 0 Å². The van der Waals surface area contributed by atoms with Gasteiger partial charge >= 0.3 is 0 Å². The van der Waals surface area contributed by atoms with Crippen LogP contribution in [0.25, 0.3) is 0 Å². The zero-order valence-corrected chi connectivity index (χ0v) is 8.62. The summed E-state index contributed by atoms with van der Waals surface area (Å²) >= 11 is 0. The fourth-order valence-electron chi connectivity index (χ4n) is 2.24. The first-order valence-corrected chi connectivity index (χ1v) is 5.34. The molecule has 0 aromatic rings. The predicted molar refractivity (Wildman–Crippen MR) is 53.5 cm³/mol. The summed E-state index contributed by atoms with van der Waals surface area (Å²) in [6, 6.07) is 0.663. The van der Waals surface area contributed by atoms with E-state index in [-0.39, 0.29) is 0 Å². The summed E-state index contributed by atoms with van der Waals surface area (Å²) in [5.41, 5.74) is 1.57. The minimum absolute atomic E-state index is 0.371. The Morgan fingerprint density at radius 1 is 1.62 bits per heavy atom. The van der Waals surface area contributed by atoms with Crippen LogP contribution in [0.1, 0.15) is 33.1 Å². The Bertz CT molecular complexity index is 210. The molecule has 0 saturated carbocycles. The average molecular weight is 181 g/mol. The van der Waals surface area contributed by atoms with E-state index in [9.17, 15) is 0 Å². The first-order chi connectivity index (χ1) is 6.27. The van der Waals surface area contributed by atoms with E-state index < -0.39 is 0 Å². The van der Waals surface area contributed by atoms with E-state index in [2.05, 4.69) is 24.8 Å². The van der Waals surface area contributed by atoms with E-state index in [1.807, 2.05) is 0 Å². The highest BCUT2D eigenvalue weighted by molar-refractivity contribution is 5.14. The van der Waals surface area contributed by atoms with E-state index in [0.717, 1.165) is 6.61 Å². The summed E-state index contributed by atoms with van der Waals surface area (Å²) in [5.74, 6) is 0. The first kappa shape index (κ1) is 9.07. The molecule has 1 fully saturated rings. The predicted octanol–water partition coefficient (Wildman–Crippen LogP) is 2.16. The van der Waals surface area contributed by atoms with Crippen molar-refractivity contribution in [2.45, 2.75) is 45.3 Å². The monoisotopic (exact) mass is 181 g/mol. The lowest BCUT2D eigenvalue weighted by atomic mass is 10.2. The van der Waals surface area contributed by atoms with Crippen LogP contribution in [-0.2, 0) is 4.74 Å². The molecular formula is C11H19NO. The van der Waals surface area contributed by atoms with E-state index in [0.29, 0.717) is 12.1 Å². The van der Waals surface area contributed by atoms with Crippen LogP contribution >= 0.6 is 0 Å². The largest absolute Gasteiger partial charge is 0.377 e. The number of hydrogen-bond acceptors (Lipinski definition) is 2. The highest BCUT2D eigenvalue weighted by Gasteiger charge is 2.30. The van der Waals surface area contributed by atoms with Crippen molar-refractivity contribution in [2.75, 3.05) is 13.2 Å². The minimum atomic E-state index is 0.371. The molecule has 0 spiro atoms. The third kappa shape index (κ3) is 1.88. The molecule has 2 heterocycles. The minimum Gasteiger partial charge on any atom is -0.377 e. The van der Waals surface area contributed by atoms with E-state index >= 15 is 0 Å². The summed E-state index contributed by atoms with van der Waals surface area (Å²) in [4.78, 5) is 2.53. The molecule has 0 N–H and O–H groups in total. The molecule has 0 bridgehead atoms. The lowest BCUT2D eigenvalue weighted by molar-refractivity contribution is 0.0435. The molecule has 0 unspecified atom stereocenters. The van der Waals surface area contributed by atoms with Crippen molar-refractivity contribution < 1.29 is 4.74 Å². The number of allylic oxidation sites excluding steroid dienone is 1. The Kier molecular flexibility index (Phi) is 2.58. The molecule has 2 aliphatic heterocycles. The van der Waals surface area contributed by atoms with Gasteiger partial charge in [-0.05, 0) is 33.1 Å². The molecule has 1 atom stereocenters. The maximum atomic E-state index is 5.67. The number of rotatable bonds is 3. The molecule has 74 valence electrons. The normalized spacial score (nSPS) is 26.8. The van der Waals surface area contributed by atoms with Crippen LogP contribution in [0.4, 0.5) is 0 Å². The molecule has 2 nitrogen and oxygen atoms in total. The van der Waals surface area contributed by atoms with Crippen molar-refractivity contribution in [3.8, 4) is 0 Å². The van der Waals surface area contributed by atoms with Crippen LogP contribution in [0, 0.1) is 0 Å². The van der Waals surface area contributed by atoms with Crippen molar-refractivity contribution in [1.29, 1.82) is 0 Å². The lowest BCUT2D eigenvalue weighted by Crippen LogP contribution is -2.31. The van der Waals surface area contributed by atoms with Crippen LogP contribution in [0.5, 0.6) is 0 Å². The fourth-order valence-corrected chi connectivity index (χ4v) is 2.24. The lowest BCUT2D eigenvalue weighted by Gasteiger charge is -2.24. The molecule has 0 radical (unpaired) electrons. The number of fused-ring (bicyclic) bond motifs is 1. The molecule has 2 heteroatoms. The Morgan fingerprint density at radius 3 is 3.23 bits per heavy atom. The smallest absolute Gasteiger partial charge is 0.0673 e. The quantitative estimate of drug-likeness (QED) is 0.661. The maximum Gasteiger partial charge on any atom is 0.0673 e. The maximum absolute atomic E-state index is 5.67. The second kappa shape index (κ2) is 3.70. The van der Waals surface area contributed by atoms with Crippen molar-refractivity contribution >= 4 is 0 Å². The third-order valence-electron chi connectivity index (χ3n) is 2.92. The van der Waals surface area contributed by atoms with Crippen molar-refractivity contribution in [2.24, 2.45) is 0 Å². The van der Waals surface area contributed by atoms with Crippen molar-refractivity contribution in [3.05, 3.63) is 11.8 Å². The Balaban J connectivity index is 1.84. The van der Waals surface area contributed by atoms with Crippen LogP contribution in [0.2, 0.25) is 0 Å². The van der Waals surface area contributed by atoms with Gasteiger partial charge in [0.05, 0.1) is 18.8 Å². The molecule has 0 amide bonds. The molecular weight excluding hydrogens is 162 g/mol. The molecule has 1 saturated heterocycles. The summed E-state index contributed by atoms with van der Waals surface area (Å²) in [5, 5.41) is 0. The van der Waals surface area contributed by atoms with Gasteiger partial charge in [0.2, 0.25) is 0 Å². The number of hydrogen-bond donors (Lipinski definition) is 0. The van der Waals surface area contributed by atoms with E-state index in [4.69, 9.17) is 4.74 Å². The Hall–Kier alpha value is -0.500. The summed E-state index contributed by atoms with van der Waals surface area (Å²) in [6.45, 7) is 6.35. The second-order valence-corrected chi connectivity index (χ2v) is 4.25. The zero-order valence-electron chi connectivity index (χ0n) is 8.62. The average Bonchev–Trinajstić information content (AvgIpc) is 2.60. The van der Waals surface area contributed by atoms with Gasteiger partial charge in [-0.1, -0.05) is 6.08 Å². The molecule has 2 aliphatic rings. The first-order valence-electron chi connectivity index (χ1n) is 5.34. The molecule has 0 aromatic heterocycles. The van der Waals surface area contributed by atoms with Crippen molar-refractivity contribution in [1.82, 2.24) is 4.90 Å². The van der Waals surface area contributed by atoms with Gasteiger partial charge in [-0.25, -0.2) is 0 Å². The molecule has 2 rings (SSSR count). The standard InChI is InChI=1S/C11H19NO/c1-9(2)13-8-11-6-5-10-4-3-7-12(10)11/h4,9,11H,3,5-8H2,1-2H3/t11-/m0/s1. The topological polar surface area (TPSA) is 12.5 Å². The van der Waals surface area contributed by atoms with E-state index in [1.54, 1.807) is 5.70 Å². The SMILES string of the molecule is CC(C)OC[C@@H]1CCC2=CCCN21. The van der Waals surface area contributed by atoms with Gasteiger partial charge in [0.15, 0.2) is 0 Å². The third-order valence-corrected chi connectivity index (χ3v) is 2.92. The Labute approximate surface area is 80.6 Å². The number of ether oxygens (including phenoxy) is 1. The second-order valence-electron chi connectivity index (χ2n) is 4.25. The zero-order chi connectivity index (χ0) is 9.26. The molecule has 0 aromatic carbocycles. The summed E-state index contributed by atoms with van der Waals surface area (Å²) in [7, 11) is 0. The van der Waals surface area contributed by atoms with Gasteiger partial charge in [0, 0.05) is 12.2 Å². The van der Waals surface area contributed by atoms with Gasteiger partial charge < -0.3 is 9.64 Å². The van der Waals surface area contributed by atoms with Crippen LogP contribution < -0.4 is 0 Å². The summed E-state index contributed by atoms with van der Waals surface area (Å²) < 4.78 is 5.67. The number of nitrogens with zero attached hydrogens (tertiary/aromatic N) is 1. The van der Waals surface area contributed by atoms with Crippen LogP contribution in [0.3, 0.4) is 0 Å². The van der Waals surface area contributed by atoms with Crippen molar-refractivity contribution in [3.63, 3.8) is 0 Å². The van der Waals surface area contributed by atoms with Crippen LogP contribution in [-0.4, -0.2) is 30.2 Å². The Morgan fingerprint density at radius 2 is 2.46 bits per heavy atom. The highest BCUT2D eigenvalue weighted by atomic mass is 16.5. The fraction of sp³-hybridized carbons (Fsp3) is 0.818. The molecule has 0 aliphatic carbocycles. The van der Waals surface area contributed by atoms with Gasteiger partial charge in [0.1, 0.15) is 0 Å². The van der Waals surface area contributed by atoms with Crippen LogP contribution in [0.15, 0.2) is 11.8 Å². The van der Waals surface area contributed by atoms with E-state index in [1.165, 1.54) is 25.8 Å². The summed E-state index contributed by atoms with van der Waals surface area (Å²) in [6.07, 6.45) is 6.56. The molecule has 13 heavy (non-hydrogen) atoms.